The molecule has 1 aromatic rings. The largest absolute Gasteiger partial charge is 0.507 e. The molecule has 1 saturated heterocycles. The third-order valence-corrected chi connectivity index (χ3v) is 16.1. The monoisotopic (exact) mass is 893 g/mol. The Morgan fingerprint density at radius 2 is 0.953 bits per heavy atom. The van der Waals surface area contributed by atoms with Gasteiger partial charge >= 0.3 is 0 Å². The first kappa shape index (κ1) is 58.0. The van der Waals surface area contributed by atoms with Gasteiger partial charge in [-0.1, -0.05) is 159 Å². The molecule has 370 valence electrons. The van der Waals surface area contributed by atoms with E-state index >= 15 is 0 Å². The molecule has 64 heavy (non-hydrogen) atoms. The fourth-order valence-electron chi connectivity index (χ4n) is 10.9. The standard InChI is InChI=1S/C29H50O3.C29H50O2.CH4/c1-20(2)12-9-13-21(3)14-10-15-22(4)16-11-18-28(8)19-17-26-24(6)27(30)23(5)25(7)29(26,31)32-28;1-20(2)12-9-13-21(3)14-10-15-22(4)16-11-18-29(8)19-17-26-25(7)27(30)23(5)24(6)28(26)31-29;/h20-22,31H,9-19H2,1-8H3;20-22,30H,9-19H2,1-8H3;1H4/t21-,22-,28-,29?;21-,22-,29-;/m11./s1. The third-order valence-electron chi connectivity index (χ3n) is 16.1. The number of aliphatic hydroxyl groups is 1. The first-order chi connectivity index (χ1) is 29.4. The highest BCUT2D eigenvalue weighted by molar-refractivity contribution is 6.10. The number of rotatable bonds is 24. The summed E-state index contributed by atoms with van der Waals surface area (Å²) in [5.41, 5.74) is 6.64. The Labute approximate surface area is 396 Å². The topological polar surface area (TPSA) is 76.0 Å². The molecule has 0 amide bonds. The number of hydrogen-bond acceptors (Lipinski definition) is 5. The molecule has 2 N–H and O–H groups in total. The van der Waals surface area contributed by atoms with Gasteiger partial charge in [0.15, 0.2) is 5.78 Å². The fraction of sp³-hybridized carbons (Fsp3) is 0.814. The second-order valence-electron chi connectivity index (χ2n) is 23.2. The SMILES string of the molecule is C.CC1=C(C)C2(O)O[C@](C)(CCC[C@H](C)CCC[C@H](C)CCCC(C)C)CCC2=C(C)C1=O.Cc1c(C)c2c(c(C)c1O)CC[C@@](C)(CCC[C@H](C)CCC[C@H](C)CCCC(C)C)O2. The van der Waals surface area contributed by atoms with Crippen LogP contribution in [0, 0.1) is 56.3 Å². The van der Waals surface area contributed by atoms with Gasteiger partial charge in [-0.25, -0.2) is 0 Å². The van der Waals surface area contributed by atoms with Crippen molar-refractivity contribution in [1.82, 2.24) is 0 Å². The van der Waals surface area contributed by atoms with Crippen molar-refractivity contribution < 1.29 is 24.5 Å². The van der Waals surface area contributed by atoms with Crippen LogP contribution in [-0.4, -0.2) is 33.0 Å². The highest BCUT2D eigenvalue weighted by Crippen LogP contribution is 2.49. The number of phenols is 1. The number of Topliss-reactive ketones (excluding diaryl/α,β-unsaturated/α-hetero) is 1. The maximum absolute atomic E-state index is 12.5. The highest BCUT2D eigenvalue weighted by Gasteiger charge is 2.50. The number of hydrogen-bond donors (Lipinski definition) is 2. The Bertz CT molecular complexity index is 1670. The molecule has 0 saturated carbocycles. The lowest BCUT2D eigenvalue weighted by molar-refractivity contribution is -0.239. The van der Waals surface area contributed by atoms with Gasteiger partial charge in [-0.15, -0.1) is 0 Å². The van der Waals surface area contributed by atoms with Gasteiger partial charge in [-0.3, -0.25) is 4.79 Å². The lowest BCUT2D eigenvalue weighted by Gasteiger charge is -2.48. The molecule has 3 aliphatic rings. The summed E-state index contributed by atoms with van der Waals surface area (Å²) in [6.07, 6.45) is 27.1. The van der Waals surface area contributed by atoms with Crippen LogP contribution in [0.2, 0.25) is 0 Å². The average molecular weight is 893 g/mol. The van der Waals surface area contributed by atoms with Crippen molar-refractivity contribution >= 4 is 5.78 Å². The zero-order chi connectivity index (χ0) is 47.3. The van der Waals surface area contributed by atoms with Crippen LogP contribution in [0.1, 0.15) is 255 Å². The van der Waals surface area contributed by atoms with Crippen molar-refractivity contribution in [2.75, 3.05) is 0 Å². The number of carbonyl (C=O) groups excluding carboxylic acids is 1. The van der Waals surface area contributed by atoms with Gasteiger partial charge in [0, 0.05) is 16.7 Å². The lowest BCUT2D eigenvalue weighted by Crippen LogP contribution is -2.52. The van der Waals surface area contributed by atoms with Crippen molar-refractivity contribution in [1.29, 1.82) is 0 Å². The molecule has 5 heteroatoms. The Morgan fingerprint density at radius 1 is 0.547 bits per heavy atom. The van der Waals surface area contributed by atoms with E-state index in [1.54, 1.807) is 6.92 Å². The van der Waals surface area contributed by atoms with Gasteiger partial charge in [0.1, 0.15) is 17.1 Å². The van der Waals surface area contributed by atoms with E-state index in [9.17, 15) is 15.0 Å². The second-order valence-corrected chi connectivity index (χ2v) is 23.2. The van der Waals surface area contributed by atoms with Gasteiger partial charge < -0.3 is 19.7 Å². The predicted molar refractivity (Wildman–Crippen MR) is 276 cm³/mol. The minimum absolute atomic E-state index is 0. The first-order valence-corrected chi connectivity index (χ1v) is 26.3. The van der Waals surface area contributed by atoms with Crippen LogP contribution in [0.15, 0.2) is 22.3 Å². The van der Waals surface area contributed by atoms with Gasteiger partial charge in [0.25, 0.3) is 0 Å². The van der Waals surface area contributed by atoms with Gasteiger partial charge in [-0.05, 0) is 164 Å². The molecular formula is C59H104O5. The maximum Gasteiger partial charge on any atom is 0.213 e. The number of carbonyl (C=O) groups is 1. The Balaban J connectivity index is 0.000000434. The number of aromatic hydroxyl groups is 1. The molecular weight excluding hydrogens is 789 g/mol. The molecule has 1 aliphatic carbocycles. The molecule has 0 aromatic heterocycles. The van der Waals surface area contributed by atoms with Crippen molar-refractivity contribution in [3.8, 4) is 11.5 Å². The molecule has 2 heterocycles. The molecule has 5 nitrogen and oxygen atoms in total. The number of fused-ring (bicyclic) bond motifs is 2. The van der Waals surface area contributed by atoms with E-state index < -0.39 is 5.79 Å². The molecule has 1 fully saturated rings. The number of ketones is 1. The highest BCUT2D eigenvalue weighted by atomic mass is 16.6. The number of ether oxygens (including phenoxy) is 2. The van der Waals surface area contributed by atoms with E-state index in [0.717, 1.165) is 108 Å². The van der Waals surface area contributed by atoms with Crippen molar-refractivity contribution in [2.24, 2.45) is 35.5 Å². The Hall–Kier alpha value is -2.11. The maximum atomic E-state index is 12.5. The number of phenolic OH excluding ortho intramolecular Hbond substituents is 1. The van der Waals surface area contributed by atoms with Crippen LogP contribution < -0.4 is 4.74 Å². The van der Waals surface area contributed by atoms with Crippen LogP contribution >= 0.6 is 0 Å². The lowest BCUT2D eigenvalue weighted by atomic mass is 9.75. The summed E-state index contributed by atoms with van der Waals surface area (Å²) < 4.78 is 13.0. The van der Waals surface area contributed by atoms with Crippen LogP contribution in [0.4, 0.5) is 0 Å². The summed E-state index contributed by atoms with van der Waals surface area (Å²) in [7, 11) is 0. The zero-order valence-corrected chi connectivity index (χ0v) is 44.1. The fourth-order valence-corrected chi connectivity index (χ4v) is 10.9. The van der Waals surface area contributed by atoms with Gasteiger partial charge in [-0.2, -0.15) is 0 Å². The zero-order valence-electron chi connectivity index (χ0n) is 44.1. The molecule has 1 unspecified atom stereocenters. The van der Waals surface area contributed by atoms with Crippen molar-refractivity contribution in [2.45, 2.75) is 276 Å². The summed E-state index contributed by atoms with van der Waals surface area (Å²) in [5.74, 6) is 5.11. The summed E-state index contributed by atoms with van der Waals surface area (Å²) in [5, 5.41) is 21.8. The van der Waals surface area contributed by atoms with Gasteiger partial charge in [0.2, 0.25) is 5.79 Å². The van der Waals surface area contributed by atoms with Gasteiger partial charge in [0.05, 0.1) is 5.60 Å². The molecule has 4 rings (SSSR count). The van der Waals surface area contributed by atoms with E-state index in [1.165, 1.54) is 102 Å². The van der Waals surface area contributed by atoms with E-state index in [0.29, 0.717) is 22.5 Å². The minimum Gasteiger partial charge on any atom is -0.507 e. The number of benzene rings is 1. The normalized spacial score (nSPS) is 24.1. The Morgan fingerprint density at radius 3 is 1.41 bits per heavy atom. The second kappa shape index (κ2) is 26.4. The Kier molecular flexibility index (Phi) is 24.0. The first-order valence-electron chi connectivity index (χ1n) is 26.3. The number of allylic oxidation sites excluding steroid dienone is 2. The molecule has 0 spiro atoms. The molecule has 0 radical (unpaired) electrons. The van der Waals surface area contributed by atoms with Crippen LogP contribution in [0.25, 0.3) is 0 Å². The molecule has 0 bridgehead atoms. The van der Waals surface area contributed by atoms with Crippen molar-refractivity contribution in [3.63, 3.8) is 0 Å². The molecule has 2 aliphatic heterocycles. The van der Waals surface area contributed by atoms with E-state index in [4.69, 9.17) is 9.47 Å². The minimum atomic E-state index is -1.40. The van der Waals surface area contributed by atoms with E-state index in [1.807, 2.05) is 27.7 Å². The van der Waals surface area contributed by atoms with Crippen LogP contribution in [0.5, 0.6) is 11.5 Å². The van der Waals surface area contributed by atoms with Crippen molar-refractivity contribution in [3.05, 3.63) is 44.5 Å². The summed E-state index contributed by atoms with van der Waals surface area (Å²) in [6.45, 7) is 35.0. The summed E-state index contributed by atoms with van der Waals surface area (Å²) in [4.78, 5) is 12.5. The summed E-state index contributed by atoms with van der Waals surface area (Å²) >= 11 is 0. The summed E-state index contributed by atoms with van der Waals surface area (Å²) in [6, 6.07) is 0. The quantitative estimate of drug-likeness (QED) is 0.108. The molecule has 1 aromatic carbocycles. The predicted octanol–water partition coefficient (Wildman–Crippen LogP) is 17.4. The van der Waals surface area contributed by atoms with Crippen LogP contribution in [0.3, 0.4) is 0 Å². The van der Waals surface area contributed by atoms with E-state index in [-0.39, 0.29) is 24.4 Å². The van der Waals surface area contributed by atoms with Crippen LogP contribution in [-0.2, 0) is 16.0 Å². The molecule has 7 atom stereocenters. The van der Waals surface area contributed by atoms with E-state index in [2.05, 4.69) is 76.2 Å². The third kappa shape index (κ3) is 16.9. The average Bonchev–Trinajstić information content (AvgIpc) is 3.20. The smallest absolute Gasteiger partial charge is 0.213 e.